The predicted octanol–water partition coefficient (Wildman–Crippen LogP) is 2.47. The van der Waals surface area contributed by atoms with Crippen molar-refractivity contribution in [1.29, 1.82) is 0 Å². The molecule has 2 aliphatic heterocycles. The number of hydrogen-bond acceptors (Lipinski definition) is 6. The van der Waals surface area contributed by atoms with Gasteiger partial charge in [0.1, 0.15) is 5.76 Å². The van der Waals surface area contributed by atoms with E-state index in [1.807, 2.05) is 0 Å². The molecule has 2 fully saturated rings. The van der Waals surface area contributed by atoms with E-state index >= 15 is 0 Å². The van der Waals surface area contributed by atoms with E-state index in [0.29, 0.717) is 23.6 Å². The van der Waals surface area contributed by atoms with Crippen molar-refractivity contribution < 1.29 is 23.9 Å². The van der Waals surface area contributed by atoms with Gasteiger partial charge in [-0.1, -0.05) is 0 Å². The van der Waals surface area contributed by atoms with Crippen molar-refractivity contribution in [3.63, 3.8) is 0 Å². The van der Waals surface area contributed by atoms with Crippen LogP contribution in [0.2, 0.25) is 0 Å². The van der Waals surface area contributed by atoms with Gasteiger partial charge in [0.25, 0.3) is 11.1 Å². The van der Waals surface area contributed by atoms with Crippen molar-refractivity contribution in [1.82, 2.24) is 9.80 Å². The zero-order valence-corrected chi connectivity index (χ0v) is 15.2. The maximum atomic E-state index is 12.5. The molecule has 0 bridgehead atoms. The summed E-state index contributed by atoms with van der Waals surface area (Å²) in [5.41, 5.74) is 0. The molecule has 2 aliphatic rings. The van der Waals surface area contributed by atoms with Crippen molar-refractivity contribution in [2.75, 3.05) is 19.7 Å². The van der Waals surface area contributed by atoms with E-state index in [1.165, 1.54) is 12.3 Å². The summed E-state index contributed by atoms with van der Waals surface area (Å²) in [5, 5.41) is 8.80. The first-order valence-electron chi connectivity index (χ1n) is 8.79. The molecule has 3 amide bonds. The fourth-order valence-corrected chi connectivity index (χ4v) is 4.17. The molecule has 1 atom stereocenters. The third kappa shape index (κ3) is 4.19. The highest BCUT2D eigenvalue weighted by Crippen LogP contribution is 2.32. The molecule has 1 aromatic heterocycles. The summed E-state index contributed by atoms with van der Waals surface area (Å²) in [6, 6.07) is 3.46. The van der Waals surface area contributed by atoms with Crippen molar-refractivity contribution in [3.8, 4) is 0 Å². The molecule has 0 aliphatic carbocycles. The highest BCUT2D eigenvalue weighted by molar-refractivity contribution is 8.18. The number of nitrogens with zero attached hydrogens (tertiary/aromatic N) is 2. The first-order valence-corrected chi connectivity index (χ1v) is 9.61. The number of furan rings is 1. The van der Waals surface area contributed by atoms with Crippen molar-refractivity contribution in [2.24, 2.45) is 0 Å². The van der Waals surface area contributed by atoms with E-state index in [2.05, 4.69) is 0 Å². The lowest BCUT2D eigenvalue weighted by Gasteiger charge is -2.36. The summed E-state index contributed by atoms with van der Waals surface area (Å²) in [4.78, 5) is 40.3. The summed E-state index contributed by atoms with van der Waals surface area (Å²) in [6.07, 6.45) is 6.59. The van der Waals surface area contributed by atoms with Gasteiger partial charge in [-0.05, 0) is 49.6 Å². The molecule has 0 radical (unpaired) electrons. The number of imide groups is 1. The number of carbonyl (C=O) groups is 3. The third-order valence-corrected chi connectivity index (χ3v) is 5.56. The van der Waals surface area contributed by atoms with Gasteiger partial charge in [0.15, 0.2) is 0 Å². The first-order chi connectivity index (χ1) is 12.6. The van der Waals surface area contributed by atoms with Crippen molar-refractivity contribution >= 4 is 34.9 Å². The second-order valence-corrected chi connectivity index (χ2v) is 7.34. The molecule has 140 valence electrons. The van der Waals surface area contributed by atoms with E-state index in [9.17, 15) is 19.5 Å². The molecule has 0 spiro atoms. The zero-order valence-electron chi connectivity index (χ0n) is 14.4. The Labute approximate surface area is 156 Å². The number of hydrogen-bond donors (Lipinski definition) is 1. The normalized spacial score (nSPS) is 22.5. The van der Waals surface area contributed by atoms with Crippen LogP contribution >= 0.6 is 11.8 Å². The molecular weight excluding hydrogens is 356 g/mol. The van der Waals surface area contributed by atoms with Gasteiger partial charge in [-0.15, -0.1) is 0 Å². The summed E-state index contributed by atoms with van der Waals surface area (Å²) in [5.74, 6) is 0.0405. The Morgan fingerprint density at radius 1 is 1.38 bits per heavy atom. The van der Waals surface area contributed by atoms with Gasteiger partial charge in [0.05, 0.1) is 11.2 Å². The maximum Gasteiger partial charge on any atom is 0.293 e. The summed E-state index contributed by atoms with van der Waals surface area (Å²) in [6.45, 7) is 0.792. The molecule has 1 N–H and O–H groups in total. The van der Waals surface area contributed by atoms with Crippen molar-refractivity contribution in [3.05, 3.63) is 29.1 Å². The van der Waals surface area contributed by atoms with Crippen LogP contribution in [0.3, 0.4) is 0 Å². The number of carbonyl (C=O) groups excluding carboxylic acids is 3. The van der Waals surface area contributed by atoms with Crippen LogP contribution in [0.15, 0.2) is 27.7 Å². The SMILES string of the molecule is O=C1S/C(=C\c2ccco2)C(=O)N1CCC(=O)N1CCCCC1CCO. The van der Waals surface area contributed by atoms with Crippen LogP contribution in [-0.4, -0.2) is 57.7 Å². The average molecular weight is 378 g/mol. The Balaban J connectivity index is 1.59. The maximum absolute atomic E-state index is 12.5. The minimum atomic E-state index is -0.394. The van der Waals surface area contributed by atoms with Crippen LogP contribution in [0.25, 0.3) is 6.08 Å². The number of likely N-dealkylation sites (tertiary alicyclic amines) is 1. The number of aliphatic hydroxyl groups excluding tert-OH is 1. The minimum Gasteiger partial charge on any atom is -0.465 e. The molecule has 8 heteroatoms. The largest absolute Gasteiger partial charge is 0.465 e. The van der Waals surface area contributed by atoms with E-state index in [4.69, 9.17) is 4.42 Å². The smallest absolute Gasteiger partial charge is 0.293 e. The second kappa shape index (κ2) is 8.55. The van der Waals surface area contributed by atoms with E-state index in [1.54, 1.807) is 17.0 Å². The summed E-state index contributed by atoms with van der Waals surface area (Å²) >= 11 is 0.857. The van der Waals surface area contributed by atoms with E-state index < -0.39 is 5.91 Å². The second-order valence-electron chi connectivity index (χ2n) is 6.35. The number of thioether (sulfide) groups is 1. The highest BCUT2D eigenvalue weighted by atomic mass is 32.2. The van der Waals surface area contributed by atoms with Gasteiger partial charge < -0.3 is 14.4 Å². The number of rotatable bonds is 6. The molecule has 26 heavy (non-hydrogen) atoms. The van der Waals surface area contributed by atoms with Gasteiger partial charge in [-0.25, -0.2) is 0 Å². The molecule has 0 saturated carbocycles. The Morgan fingerprint density at radius 2 is 2.23 bits per heavy atom. The lowest BCUT2D eigenvalue weighted by molar-refractivity contribution is -0.135. The standard InChI is InChI=1S/C18H22N2O5S/c21-10-7-13-4-1-2-8-19(13)16(22)6-9-20-17(23)15(26-18(20)24)12-14-5-3-11-25-14/h3,5,11-13,21H,1-2,4,6-10H2/b15-12-. The van der Waals surface area contributed by atoms with Crippen LogP contribution < -0.4 is 0 Å². The van der Waals surface area contributed by atoms with Gasteiger partial charge in [0, 0.05) is 38.2 Å². The summed E-state index contributed by atoms with van der Waals surface area (Å²) in [7, 11) is 0. The van der Waals surface area contributed by atoms with Gasteiger partial charge in [-0.3, -0.25) is 19.3 Å². The lowest BCUT2D eigenvalue weighted by atomic mass is 9.99. The number of amides is 3. The Morgan fingerprint density at radius 3 is 2.96 bits per heavy atom. The topological polar surface area (TPSA) is 91.1 Å². The van der Waals surface area contributed by atoms with E-state index in [-0.39, 0.29) is 36.8 Å². The molecule has 3 rings (SSSR count). The fourth-order valence-electron chi connectivity index (χ4n) is 3.32. The fraction of sp³-hybridized carbons (Fsp3) is 0.500. The Bertz CT molecular complexity index is 698. The molecule has 1 aromatic rings. The first kappa shape index (κ1) is 18.7. The molecule has 7 nitrogen and oxygen atoms in total. The van der Waals surface area contributed by atoms with Crippen LogP contribution in [0.1, 0.15) is 37.9 Å². The number of piperidine rings is 1. The van der Waals surface area contributed by atoms with Crippen LogP contribution in [0.4, 0.5) is 4.79 Å². The molecule has 1 unspecified atom stereocenters. The highest BCUT2D eigenvalue weighted by Gasteiger charge is 2.36. The van der Waals surface area contributed by atoms with Crippen LogP contribution in [0, 0.1) is 0 Å². The lowest BCUT2D eigenvalue weighted by Crippen LogP contribution is -2.45. The number of aliphatic hydroxyl groups is 1. The summed E-state index contributed by atoms with van der Waals surface area (Å²) < 4.78 is 5.17. The van der Waals surface area contributed by atoms with Crippen molar-refractivity contribution in [2.45, 2.75) is 38.1 Å². The van der Waals surface area contributed by atoms with Crippen LogP contribution in [-0.2, 0) is 9.59 Å². The van der Waals surface area contributed by atoms with E-state index in [0.717, 1.165) is 35.9 Å². The Hall–Kier alpha value is -2.06. The molecule has 0 aromatic carbocycles. The average Bonchev–Trinajstić information content (AvgIpc) is 3.23. The minimum absolute atomic E-state index is 0.0507. The zero-order chi connectivity index (χ0) is 18.5. The predicted molar refractivity (Wildman–Crippen MR) is 97.1 cm³/mol. The quantitative estimate of drug-likeness (QED) is 0.765. The van der Waals surface area contributed by atoms with Gasteiger partial charge in [-0.2, -0.15) is 0 Å². The van der Waals surface area contributed by atoms with Crippen LogP contribution in [0.5, 0.6) is 0 Å². The molecular formula is C18H22N2O5S. The monoisotopic (exact) mass is 378 g/mol. The van der Waals surface area contributed by atoms with Gasteiger partial charge >= 0.3 is 0 Å². The molecule has 2 saturated heterocycles. The third-order valence-electron chi connectivity index (χ3n) is 4.65. The Kier molecular flexibility index (Phi) is 6.16. The molecule has 3 heterocycles. The van der Waals surface area contributed by atoms with Gasteiger partial charge in [0.2, 0.25) is 5.91 Å².